The molecule has 3 aromatic rings. The number of piperidine rings is 1. The van der Waals surface area contributed by atoms with Crippen molar-refractivity contribution in [1.82, 2.24) is 15.2 Å². The van der Waals surface area contributed by atoms with Crippen molar-refractivity contribution in [2.24, 2.45) is 5.92 Å². The molecule has 2 unspecified atom stereocenters. The maximum Gasteiger partial charge on any atom is 0.224 e. The van der Waals surface area contributed by atoms with Gasteiger partial charge in [0.25, 0.3) is 0 Å². The first-order valence-electron chi connectivity index (χ1n) is 14.1. The smallest absolute Gasteiger partial charge is 0.224 e. The first-order valence-corrected chi connectivity index (χ1v) is 14.5. The molecule has 0 aliphatic carbocycles. The molecule has 1 amide bonds. The Bertz CT molecular complexity index is 1400. The number of amides is 1. The fourth-order valence-corrected chi connectivity index (χ4v) is 5.05. The molecule has 2 aromatic carbocycles. The number of benzene rings is 2. The van der Waals surface area contributed by atoms with Crippen molar-refractivity contribution in [2.45, 2.75) is 45.6 Å². The highest BCUT2D eigenvalue weighted by Gasteiger charge is 2.19. The third-order valence-corrected chi connectivity index (χ3v) is 7.37. The van der Waals surface area contributed by atoms with E-state index in [1.165, 1.54) is 12.6 Å². The van der Waals surface area contributed by atoms with E-state index >= 15 is 0 Å². The van der Waals surface area contributed by atoms with Gasteiger partial charge in [-0.05, 0) is 83.6 Å². The molecule has 0 bridgehead atoms. The Hall–Kier alpha value is -3.58. The summed E-state index contributed by atoms with van der Waals surface area (Å²) in [5.74, 6) is 1.72. The van der Waals surface area contributed by atoms with Crippen LogP contribution in [0.2, 0.25) is 5.02 Å². The zero-order valence-corrected chi connectivity index (χ0v) is 25.0. The summed E-state index contributed by atoms with van der Waals surface area (Å²) in [5, 5.41) is 20.9. The van der Waals surface area contributed by atoms with Gasteiger partial charge in [-0.2, -0.15) is 5.26 Å². The lowest BCUT2D eigenvalue weighted by Crippen LogP contribution is -2.41. The van der Waals surface area contributed by atoms with Gasteiger partial charge in [0.15, 0.2) is 0 Å². The number of carbonyl (C=O) groups is 1. The number of anilines is 3. The molecular weight excluding hydrogens is 540 g/mol. The van der Waals surface area contributed by atoms with E-state index in [4.69, 9.17) is 21.1 Å². The highest BCUT2D eigenvalue weighted by molar-refractivity contribution is 6.32. The van der Waals surface area contributed by atoms with Gasteiger partial charge < -0.3 is 30.3 Å². The molecular formula is C31H39ClN6O3. The molecule has 1 aliphatic heterocycles. The van der Waals surface area contributed by atoms with Gasteiger partial charge in [-0.3, -0.25) is 9.78 Å². The number of hydrogen-bond donors (Lipinski definition) is 3. The molecule has 0 spiro atoms. The topological polar surface area (TPSA) is 112 Å². The Balaban J connectivity index is 1.57. The minimum absolute atomic E-state index is 0.105. The van der Waals surface area contributed by atoms with Crippen LogP contribution in [0.25, 0.3) is 10.9 Å². The molecule has 218 valence electrons. The summed E-state index contributed by atoms with van der Waals surface area (Å²) in [6, 6.07) is 11.6. The van der Waals surface area contributed by atoms with Gasteiger partial charge in [0.1, 0.15) is 24.2 Å². The molecule has 1 aromatic heterocycles. The van der Waals surface area contributed by atoms with Crippen molar-refractivity contribution < 1.29 is 14.3 Å². The Labute approximate surface area is 247 Å². The number of halogens is 1. The van der Waals surface area contributed by atoms with Gasteiger partial charge in [-0.15, -0.1) is 0 Å². The number of carbonyl (C=O) groups excluding carboxylic acids is 1. The standard InChI is InChI=1S/C31H39ClN6O3/c1-5-40-29-15-26-24(14-27(29)37-30(39)7-6-12-38(3)4)31(21(16-33)18-35-26)36-22-10-11-28(25(32)13-22)41-19-23-9-8-20(2)17-34-23/h10-11,13-15,18,20,23,34H,5-9,12,17,19H2,1-4H3,(H,35,36)(H,37,39). The normalized spacial score (nSPS) is 16.8. The van der Waals surface area contributed by atoms with E-state index in [0.717, 1.165) is 25.9 Å². The number of hydrogen-bond acceptors (Lipinski definition) is 8. The van der Waals surface area contributed by atoms with Gasteiger partial charge in [-0.1, -0.05) is 18.5 Å². The second kappa shape index (κ2) is 14.4. The minimum atomic E-state index is -0.105. The van der Waals surface area contributed by atoms with E-state index in [9.17, 15) is 10.1 Å². The van der Waals surface area contributed by atoms with Gasteiger partial charge in [0.05, 0.1) is 34.1 Å². The lowest BCUT2D eigenvalue weighted by Gasteiger charge is -2.27. The minimum Gasteiger partial charge on any atom is -0.492 e. The quantitative estimate of drug-likeness (QED) is 0.242. The third kappa shape index (κ3) is 8.23. The van der Waals surface area contributed by atoms with Gasteiger partial charge >= 0.3 is 0 Å². The van der Waals surface area contributed by atoms with E-state index in [-0.39, 0.29) is 5.91 Å². The number of pyridine rings is 1. The molecule has 41 heavy (non-hydrogen) atoms. The van der Waals surface area contributed by atoms with E-state index in [1.807, 2.05) is 38.1 Å². The number of nitrogens with zero attached hydrogens (tertiary/aromatic N) is 3. The second-order valence-corrected chi connectivity index (χ2v) is 11.2. The van der Waals surface area contributed by atoms with Crippen LogP contribution < -0.4 is 25.4 Å². The average molecular weight is 579 g/mol. The van der Waals surface area contributed by atoms with Crippen molar-refractivity contribution >= 4 is 45.5 Å². The Morgan fingerprint density at radius 2 is 2.05 bits per heavy atom. The molecule has 1 fully saturated rings. The zero-order chi connectivity index (χ0) is 29.4. The van der Waals surface area contributed by atoms with Crippen molar-refractivity contribution in [3.05, 3.63) is 47.1 Å². The molecule has 2 atom stereocenters. The number of ether oxygens (including phenoxy) is 2. The van der Waals surface area contributed by atoms with Crippen LogP contribution in [0.1, 0.15) is 45.1 Å². The Morgan fingerprint density at radius 1 is 1.22 bits per heavy atom. The fraction of sp³-hybridized carbons (Fsp3) is 0.452. The van der Waals surface area contributed by atoms with Crippen molar-refractivity contribution in [2.75, 3.05) is 51.0 Å². The summed E-state index contributed by atoms with van der Waals surface area (Å²) in [7, 11) is 3.96. The van der Waals surface area contributed by atoms with Crippen molar-refractivity contribution in [1.29, 1.82) is 5.26 Å². The van der Waals surface area contributed by atoms with E-state index < -0.39 is 0 Å². The summed E-state index contributed by atoms with van der Waals surface area (Å²) >= 11 is 6.60. The zero-order valence-electron chi connectivity index (χ0n) is 24.2. The first-order chi connectivity index (χ1) is 19.8. The number of nitrogens with one attached hydrogen (secondary N) is 3. The van der Waals surface area contributed by atoms with E-state index in [0.29, 0.717) is 81.6 Å². The van der Waals surface area contributed by atoms with Crippen LogP contribution in [0, 0.1) is 17.2 Å². The highest BCUT2D eigenvalue weighted by atomic mass is 35.5. The molecule has 4 rings (SSSR count). The Morgan fingerprint density at radius 3 is 2.73 bits per heavy atom. The molecule has 10 heteroatoms. The van der Waals surface area contributed by atoms with Crippen LogP contribution in [0.3, 0.4) is 0 Å². The lowest BCUT2D eigenvalue weighted by molar-refractivity contribution is -0.116. The third-order valence-electron chi connectivity index (χ3n) is 7.08. The van der Waals surface area contributed by atoms with E-state index in [1.54, 1.807) is 18.2 Å². The molecule has 3 N–H and O–H groups in total. The summed E-state index contributed by atoms with van der Waals surface area (Å²) < 4.78 is 11.8. The van der Waals surface area contributed by atoms with Gasteiger partial charge in [0, 0.05) is 35.8 Å². The van der Waals surface area contributed by atoms with Gasteiger partial charge in [0.2, 0.25) is 5.91 Å². The molecule has 9 nitrogen and oxygen atoms in total. The van der Waals surface area contributed by atoms with Crippen LogP contribution in [0.5, 0.6) is 11.5 Å². The summed E-state index contributed by atoms with van der Waals surface area (Å²) in [6.07, 6.45) is 4.91. The maximum absolute atomic E-state index is 12.7. The summed E-state index contributed by atoms with van der Waals surface area (Å²) in [4.78, 5) is 19.2. The van der Waals surface area contributed by atoms with Crippen molar-refractivity contribution in [3.63, 3.8) is 0 Å². The number of rotatable bonds is 12. The van der Waals surface area contributed by atoms with Crippen LogP contribution >= 0.6 is 11.6 Å². The average Bonchev–Trinajstić information content (AvgIpc) is 2.94. The van der Waals surface area contributed by atoms with Crippen molar-refractivity contribution in [3.8, 4) is 17.6 Å². The molecule has 0 radical (unpaired) electrons. The highest BCUT2D eigenvalue weighted by Crippen LogP contribution is 2.37. The van der Waals surface area contributed by atoms with E-state index in [2.05, 4.69) is 33.9 Å². The molecule has 0 saturated carbocycles. The number of fused-ring (bicyclic) bond motifs is 1. The fourth-order valence-electron chi connectivity index (χ4n) is 4.81. The summed E-state index contributed by atoms with van der Waals surface area (Å²) in [6.45, 7) is 6.93. The predicted molar refractivity (Wildman–Crippen MR) is 164 cm³/mol. The largest absolute Gasteiger partial charge is 0.492 e. The lowest BCUT2D eigenvalue weighted by atomic mass is 9.97. The molecule has 2 heterocycles. The number of nitriles is 1. The maximum atomic E-state index is 12.7. The monoisotopic (exact) mass is 578 g/mol. The first kappa shape index (κ1) is 30.4. The van der Waals surface area contributed by atoms with Gasteiger partial charge in [-0.25, -0.2) is 0 Å². The van der Waals surface area contributed by atoms with Crippen LogP contribution in [0.4, 0.5) is 17.1 Å². The SMILES string of the molecule is CCOc1cc2ncc(C#N)c(Nc3ccc(OCC4CCC(C)CN4)c(Cl)c3)c2cc1NC(=O)CCCN(C)C. The second-order valence-electron chi connectivity index (χ2n) is 10.8. The number of aromatic nitrogens is 1. The summed E-state index contributed by atoms with van der Waals surface area (Å²) in [5.41, 5.74) is 2.77. The van der Waals surface area contributed by atoms with Crippen LogP contribution in [-0.2, 0) is 4.79 Å². The Kier molecular flexibility index (Phi) is 10.6. The molecule has 1 aliphatic rings. The predicted octanol–water partition coefficient (Wildman–Crippen LogP) is 5.95. The van der Waals surface area contributed by atoms with Crippen LogP contribution in [0.15, 0.2) is 36.5 Å². The van der Waals surface area contributed by atoms with Crippen LogP contribution in [-0.4, -0.2) is 62.2 Å². The molecule has 1 saturated heterocycles.